The zero-order chi connectivity index (χ0) is 15.5. The first-order chi connectivity index (χ1) is 10.6. The summed E-state index contributed by atoms with van der Waals surface area (Å²) >= 11 is 1.46. The van der Waals surface area contributed by atoms with E-state index >= 15 is 0 Å². The molecule has 112 valence electrons. The lowest BCUT2D eigenvalue weighted by Crippen LogP contribution is -2.27. The number of carbonyl (C=O) groups is 1. The number of rotatable bonds is 4. The van der Waals surface area contributed by atoms with Crippen LogP contribution in [0.5, 0.6) is 0 Å². The van der Waals surface area contributed by atoms with E-state index in [1.165, 1.54) is 23.8 Å². The molecule has 0 aliphatic carbocycles. The summed E-state index contributed by atoms with van der Waals surface area (Å²) < 4.78 is 5.32. The van der Waals surface area contributed by atoms with Crippen molar-refractivity contribution in [1.29, 1.82) is 0 Å². The number of carbonyl (C=O) groups excluding carboxylic acids is 1. The van der Waals surface area contributed by atoms with Crippen LogP contribution in [0, 0.1) is 6.92 Å². The number of furan rings is 1. The lowest BCUT2D eigenvalue weighted by atomic mass is 10.1. The standard InChI is InChI=1S/C17H16N2O2S/c1-12-5-7-14(8-6-12)16-11-22-17(18-16)19(13(2)20)10-15-4-3-9-21-15/h3-9,11H,10H2,1-2H3. The lowest BCUT2D eigenvalue weighted by molar-refractivity contribution is -0.116. The van der Waals surface area contributed by atoms with Crippen molar-refractivity contribution in [3.8, 4) is 11.3 Å². The summed E-state index contributed by atoms with van der Waals surface area (Å²) in [5, 5.41) is 2.65. The monoisotopic (exact) mass is 312 g/mol. The average Bonchev–Trinajstić information content (AvgIpc) is 3.17. The maximum Gasteiger partial charge on any atom is 0.226 e. The summed E-state index contributed by atoms with van der Waals surface area (Å²) in [5.41, 5.74) is 3.14. The van der Waals surface area contributed by atoms with E-state index in [0.29, 0.717) is 11.7 Å². The molecule has 5 heteroatoms. The normalized spacial score (nSPS) is 10.6. The number of aryl methyl sites for hydroxylation is 1. The molecule has 22 heavy (non-hydrogen) atoms. The molecule has 1 amide bonds. The van der Waals surface area contributed by atoms with Gasteiger partial charge in [-0.05, 0) is 19.1 Å². The van der Waals surface area contributed by atoms with Gasteiger partial charge in [0, 0.05) is 17.9 Å². The summed E-state index contributed by atoms with van der Waals surface area (Å²) in [6.07, 6.45) is 1.60. The van der Waals surface area contributed by atoms with Crippen LogP contribution in [0.4, 0.5) is 5.13 Å². The molecule has 0 N–H and O–H groups in total. The molecule has 3 aromatic rings. The Kier molecular flexibility index (Phi) is 4.06. The number of hydrogen-bond donors (Lipinski definition) is 0. The van der Waals surface area contributed by atoms with Crippen molar-refractivity contribution in [2.24, 2.45) is 0 Å². The van der Waals surface area contributed by atoms with Crippen molar-refractivity contribution in [1.82, 2.24) is 4.98 Å². The van der Waals surface area contributed by atoms with Gasteiger partial charge in [0.15, 0.2) is 5.13 Å². The third kappa shape index (κ3) is 3.09. The van der Waals surface area contributed by atoms with Crippen LogP contribution in [0.2, 0.25) is 0 Å². The summed E-state index contributed by atoms with van der Waals surface area (Å²) in [6.45, 7) is 3.98. The highest BCUT2D eigenvalue weighted by molar-refractivity contribution is 7.14. The summed E-state index contributed by atoms with van der Waals surface area (Å²) in [5.74, 6) is 0.684. The van der Waals surface area contributed by atoms with Gasteiger partial charge in [-0.2, -0.15) is 0 Å². The molecule has 0 fully saturated rings. The molecule has 0 aliphatic heterocycles. The predicted molar refractivity (Wildman–Crippen MR) is 87.9 cm³/mol. The quantitative estimate of drug-likeness (QED) is 0.723. The van der Waals surface area contributed by atoms with E-state index in [9.17, 15) is 4.79 Å². The maximum atomic E-state index is 11.9. The second kappa shape index (κ2) is 6.15. The second-order valence-corrected chi connectivity index (χ2v) is 5.90. The molecule has 0 atom stereocenters. The number of thiazole rings is 1. The highest BCUT2D eigenvalue weighted by Gasteiger charge is 2.17. The Balaban J connectivity index is 1.86. The van der Waals surface area contributed by atoms with Gasteiger partial charge in [-0.1, -0.05) is 29.8 Å². The van der Waals surface area contributed by atoms with E-state index in [2.05, 4.69) is 24.0 Å². The molecule has 0 radical (unpaired) electrons. The number of hydrogen-bond acceptors (Lipinski definition) is 4. The van der Waals surface area contributed by atoms with Crippen LogP contribution in [0.15, 0.2) is 52.5 Å². The number of amides is 1. The van der Waals surface area contributed by atoms with Crippen molar-refractivity contribution in [2.75, 3.05) is 4.90 Å². The zero-order valence-corrected chi connectivity index (χ0v) is 13.3. The summed E-state index contributed by atoms with van der Waals surface area (Å²) in [6, 6.07) is 11.9. The average molecular weight is 312 g/mol. The Hall–Kier alpha value is -2.40. The van der Waals surface area contributed by atoms with Crippen molar-refractivity contribution < 1.29 is 9.21 Å². The third-order valence-corrected chi connectivity index (χ3v) is 4.21. The fraction of sp³-hybridized carbons (Fsp3) is 0.176. The Morgan fingerprint density at radius 1 is 1.27 bits per heavy atom. The van der Waals surface area contributed by atoms with Crippen LogP contribution in [-0.4, -0.2) is 10.9 Å². The molecule has 2 heterocycles. The molecule has 0 spiro atoms. The van der Waals surface area contributed by atoms with Gasteiger partial charge < -0.3 is 4.42 Å². The van der Waals surface area contributed by atoms with Crippen molar-refractivity contribution in [3.63, 3.8) is 0 Å². The number of benzene rings is 1. The van der Waals surface area contributed by atoms with Gasteiger partial charge in [-0.15, -0.1) is 11.3 Å². The zero-order valence-electron chi connectivity index (χ0n) is 12.4. The van der Waals surface area contributed by atoms with Crippen LogP contribution >= 0.6 is 11.3 Å². The fourth-order valence-corrected chi connectivity index (χ4v) is 2.99. The Morgan fingerprint density at radius 3 is 2.68 bits per heavy atom. The van der Waals surface area contributed by atoms with Gasteiger partial charge >= 0.3 is 0 Å². The predicted octanol–water partition coefficient (Wildman–Crippen LogP) is 4.26. The first-order valence-corrected chi connectivity index (χ1v) is 7.84. The summed E-state index contributed by atoms with van der Waals surface area (Å²) in [7, 11) is 0. The first-order valence-electron chi connectivity index (χ1n) is 6.96. The van der Waals surface area contributed by atoms with Crippen molar-refractivity contribution >= 4 is 22.4 Å². The van der Waals surface area contributed by atoms with E-state index in [1.54, 1.807) is 11.2 Å². The molecule has 2 aromatic heterocycles. The van der Waals surface area contributed by atoms with E-state index in [4.69, 9.17) is 4.42 Å². The molecule has 4 nitrogen and oxygen atoms in total. The van der Waals surface area contributed by atoms with Crippen LogP contribution in [0.25, 0.3) is 11.3 Å². The van der Waals surface area contributed by atoms with Crippen molar-refractivity contribution in [3.05, 3.63) is 59.4 Å². The highest BCUT2D eigenvalue weighted by atomic mass is 32.1. The van der Waals surface area contributed by atoms with Gasteiger partial charge in [-0.25, -0.2) is 4.98 Å². The third-order valence-electron chi connectivity index (χ3n) is 3.34. The van der Waals surface area contributed by atoms with E-state index in [1.807, 2.05) is 29.6 Å². The van der Waals surface area contributed by atoms with E-state index in [0.717, 1.165) is 17.0 Å². The SMILES string of the molecule is CC(=O)N(Cc1ccco1)c1nc(-c2ccc(C)cc2)cs1. The Labute approximate surface area is 133 Å². The minimum atomic E-state index is -0.0544. The van der Waals surface area contributed by atoms with Crippen LogP contribution < -0.4 is 4.90 Å². The van der Waals surface area contributed by atoms with Crippen molar-refractivity contribution in [2.45, 2.75) is 20.4 Å². The molecular weight excluding hydrogens is 296 g/mol. The minimum Gasteiger partial charge on any atom is -0.467 e. The number of anilines is 1. The van der Waals surface area contributed by atoms with Gasteiger partial charge in [0.25, 0.3) is 0 Å². The van der Waals surface area contributed by atoms with Gasteiger partial charge in [0.05, 0.1) is 18.5 Å². The van der Waals surface area contributed by atoms with E-state index in [-0.39, 0.29) is 5.91 Å². The minimum absolute atomic E-state index is 0.0544. The fourth-order valence-electron chi connectivity index (χ4n) is 2.12. The molecule has 0 bridgehead atoms. The molecule has 3 rings (SSSR count). The first kappa shape index (κ1) is 14.5. The molecule has 1 aromatic carbocycles. The molecule has 0 aliphatic rings. The van der Waals surface area contributed by atoms with Crippen LogP contribution in [0.3, 0.4) is 0 Å². The molecule has 0 saturated carbocycles. The number of aromatic nitrogens is 1. The van der Waals surface area contributed by atoms with E-state index < -0.39 is 0 Å². The van der Waals surface area contributed by atoms with Gasteiger partial charge in [-0.3, -0.25) is 9.69 Å². The van der Waals surface area contributed by atoms with Gasteiger partial charge in [0.1, 0.15) is 5.76 Å². The van der Waals surface area contributed by atoms with Crippen LogP contribution in [0.1, 0.15) is 18.2 Å². The Bertz CT molecular complexity index is 760. The molecular formula is C17H16N2O2S. The summed E-state index contributed by atoms with van der Waals surface area (Å²) in [4.78, 5) is 18.1. The molecule has 0 saturated heterocycles. The van der Waals surface area contributed by atoms with Gasteiger partial charge in [0.2, 0.25) is 5.91 Å². The Morgan fingerprint density at radius 2 is 2.05 bits per heavy atom. The number of nitrogens with zero attached hydrogens (tertiary/aromatic N) is 2. The highest BCUT2D eigenvalue weighted by Crippen LogP contribution is 2.28. The topological polar surface area (TPSA) is 46.3 Å². The maximum absolute atomic E-state index is 11.9. The largest absolute Gasteiger partial charge is 0.467 e. The molecule has 0 unspecified atom stereocenters. The lowest BCUT2D eigenvalue weighted by Gasteiger charge is -2.16. The van der Waals surface area contributed by atoms with Crippen LogP contribution in [-0.2, 0) is 11.3 Å². The second-order valence-electron chi connectivity index (χ2n) is 5.07. The smallest absolute Gasteiger partial charge is 0.226 e.